The molecule has 6 nitrogen and oxygen atoms in total. The van der Waals surface area contributed by atoms with E-state index in [4.69, 9.17) is 0 Å². The molecule has 3 heterocycles. The van der Waals surface area contributed by atoms with Crippen LogP contribution in [0.1, 0.15) is 37.1 Å². The fourth-order valence-electron chi connectivity index (χ4n) is 4.39. The summed E-state index contributed by atoms with van der Waals surface area (Å²) in [6.45, 7) is 8.32. The van der Waals surface area contributed by atoms with Crippen molar-refractivity contribution in [2.24, 2.45) is 0 Å². The van der Waals surface area contributed by atoms with E-state index >= 15 is 0 Å². The van der Waals surface area contributed by atoms with E-state index < -0.39 is 0 Å². The SMILES string of the molecule is CCC(=O)N1CCN(c2ncnc3c2CCN(c2c(F)cccc2CC)C3)CC1. The Morgan fingerprint density at radius 2 is 1.86 bits per heavy atom. The Bertz CT molecular complexity index is 895. The Balaban J connectivity index is 1.54. The number of aryl methyl sites for hydroxylation is 1. The normalized spacial score (nSPS) is 16.7. The van der Waals surface area contributed by atoms with Crippen LogP contribution in [0.25, 0.3) is 0 Å². The molecule has 0 radical (unpaired) electrons. The maximum absolute atomic E-state index is 14.6. The first kappa shape index (κ1) is 19.6. The first-order chi connectivity index (χ1) is 14.1. The van der Waals surface area contributed by atoms with Gasteiger partial charge < -0.3 is 14.7 Å². The lowest BCUT2D eigenvalue weighted by molar-refractivity contribution is -0.131. The number of rotatable bonds is 4. The zero-order valence-electron chi connectivity index (χ0n) is 17.2. The van der Waals surface area contributed by atoms with Gasteiger partial charge in [-0.3, -0.25) is 4.79 Å². The van der Waals surface area contributed by atoms with Crippen LogP contribution in [0.3, 0.4) is 0 Å². The van der Waals surface area contributed by atoms with Gasteiger partial charge in [0, 0.05) is 44.7 Å². The first-order valence-corrected chi connectivity index (χ1v) is 10.5. The summed E-state index contributed by atoms with van der Waals surface area (Å²) in [4.78, 5) is 27.3. The van der Waals surface area contributed by atoms with Crippen LogP contribution in [-0.4, -0.2) is 53.5 Å². The topological polar surface area (TPSA) is 52.6 Å². The number of nitrogens with zero attached hydrogens (tertiary/aromatic N) is 5. The quantitative estimate of drug-likeness (QED) is 0.794. The number of anilines is 2. The van der Waals surface area contributed by atoms with Gasteiger partial charge in [-0.15, -0.1) is 0 Å². The number of carbonyl (C=O) groups is 1. The molecule has 1 fully saturated rings. The van der Waals surface area contributed by atoms with E-state index in [1.807, 2.05) is 17.9 Å². The van der Waals surface area contributed by atoms with Crippen LogP contribution in [0.15, 0.2) is 24.5 Å². The monoisotopic (exact) mass is 397 g/mol. The second kappa shape index (κ2) is 8.35. The van der Waals surface area contributed by atoms with Gasteiger partial charge in [-0.25, -0.2) is 14.4 Å². The molecule has 1 aromatic heterocycles. The Kier molecular flexibility index (Phi) is 5.65. The van der Waals surface area contributed by atoms with Crippen molar-refractivity contribution in [1.29, 1.82) is 0 Å². The van der Waals surface area contributed by atoms with E-state index in [2.05, 4.69) is 26.7 Å². The molecule has 4 rings (SSSR count). The minimum atomic E-state index is -0.168. The van der Waals surface area contributed by atoms with Gasteiger partial charge in [-0.2, -0.15) is 0 Å². The number of benzene rings is 1. The Morgan fingerprint density at radius 1 is 1.07 bits per heavy atom. The highest BCUT2D eigenvalue weighted by atomic mass is 19.1. The fraction of sp³-hybridized carbons (Fsp3) is 0.500. The Morgan fingerprint density at radius 3 is 2.59 bits per heavy atom. The Labute approximate surface area is 171 Å². The van der Waals surface area contributed by atoms with Crippen molar-refractivity contribution in [2.75, 3.05) is 42.5 Å². The summed E-state index contributed by atoms with van der Waals surface area (Å²) in [5, 5.41) is 0. The van der Waals surface area contributed by atoms with Crippen molar-refractivity contribution in [1.82, 2.24) is 14.9 Å². The summed E-state index contributed by atoms with van der Waals surface area (Å²) in [5.41, 5.74) is 3.86. The lowest BCUT2D eigenvalue weighted by Gasteiger charge is -2.38. The van der Waals surface area contributed by atoms with E-state index in [0.717, 1.165) is 68.2 Å². The number of piperazine rings is 1. The number of aromatic nitrogens is 2. The highest BCUT2D eigenvalue weighted by Gasteiger charge is 2.28. The van der Waals surface area contributed by atoms with Gasteiger partial charge in [0.25, 0.3) is 0 Å². The van der Waals surface area contributed by atoms with Gasteiger partial charge in [0.05, 0.1) is 17.9 Å². The van der Waals surface area contributed by atoms with Gasteiger partial charge >= 0.3 is 0 Å². The molecule has 7 heteroatoms. The molecule has 0 atom stereocenters. The molecule has 0 N–H and O–H groups in total. The van der Waals surface area contributed by atoms with Crippen molar-refractivity contribution < 1.29 is 9.18 Å². The van der Waals surface area contributed by atoms with Crippen LogP contribution in [-0.2, 0) is 24.2 Å². The summed E-state index contributed by atoms with van der Waals surface area (Å²) >= 11 is 0. The van der Waals surface area contributed by atoms with Gasteiger partial charge in [0.2, 0.25) is 5.91 Å². The maximum Gasteiger partial charge on any atom is 0.222 e. The molecule has 0 saturated carbocycles. The van der Waals surface area contributed by atoms with Crippen LogP contribution in [0.4, 0.5) is 15.9 Å². The van der Waals surface area contributed by atoms with Crippen LogP contribution in [0, 0.1) is 5.82 Å². The maximum atomic E-state index is 14.6. The van der Waals surface area contributed by atoms with Crippen LogP contribution < -0.4 is 9.80 Å². The van der Waals surface area contributed by atoms with Gasteiger partial charge in [-0.05, 0) is 24.5 Å². The lowest BCUT2D eigenvalue weighted by atomic mass is 10.0. The zero-order valence-corrected chi connectivity index (χ0v) is 17.2. The molecule has 0 aliphatic carbocycles. The second-order valence-corrected chi connectivity index (χ2v) is 7.62. The molecule has 2 aliphatic rings. The molecule has 0 unspecified atom stereocenters. The zero-order chi connectivity index (χ0) is 20.4. The number of hydrogen-bond acceptors (Lipinski definition) is 5. The number of carbonyl (C=O) groups excluding carboxylic acids is 1. The minimum absolute atomic E-state index is 0.168. The van der Waals surface area contributed by atoms with Gasteiger partial charge in [-0.1, -0.05) is 26.0 Å². The molecule has 0 spiro atoms. The van der Waals surface area contributed by atoms with Crippen molar-refractivity contribution in [3.05, 3.63) is 47.2 Å². The summed E-state index contributed by atoms with van der Waals surface area (Å²) in [5.74, 6) is 1.02. The van der Waals surface area contributed by atoms with Crippen LogP contribution in [0.2, 0.25) is 0 Å². The number of para-hydroxylation sites is 1. The predicted octanol–water partition coefficient (Wildman–Crippen LogP) is 2.80. The third kappa shape index (κ3) is 3.78. The van der Waals surface area contributed by atoms with Crippen molar-refractivity contribution in [3.8, 4) is 0 Å². The Hall–Kier alpha value is -2.70. The van der Waals surface area contributed by atoms with Gasteiger partial charge in [0.1, 0.15) is 18.0 Å². The highest BCUT2D eigenvalue weighted by Crippen LogP contribution is 2.32. The lowest BCUT2D eigenvalue weighted by Crippen LogP contribution is -2.49. The average Bonchev–Trinajstić information content (AvgIpc) is 2.77. The van der Waals surface area contributed by atoms with Gasteiger partial charge in [0.15, 0.2) is 0 Å². The predicted molar refractivity (Wildman–Crippen MR) is 112 cm³/mol. The van der Waals surface area contributed by atoms with E-state index in [-0.39, 0.29) is 11.7 Å². The molecular weight excluding hydrogens is 369 g/mol. The third-order valence-corrected chi connectivity index (χ3v) is 5.99. The van der Waals surface area contributed by atoms with Crippen LogP contribution >= 0.6 is 0 Å². The summed E-state index contributed by atoms with van der Waals surface area (Å²) < 4.78 is 14.6. The highest BCUT2D eigenvalue weighted by molar-refractivity contribution is 5.76. The number of fused-ring (bicyclic) bond motifs is 1. The molecular formula is C22H28FN5O. The fourth-order valence-corrected chi connectivity index (χ4v) is 4.39. The molecule has 2 aromatic rings. The summed E-state index contributed by atoms with van der Waals surface area (Å²) in [6, 6.07) is 5.31. The molecule has 1 saturated heterocycles. The molecule has 2 aliphatic heterocycles. The largest absolute Gasteiger partial charge is 0.363 e. The van der Waals surface area contributed by atoms with Crippen LogP contribution in [0.5, 0.6) is 0 Å². The number of hydrogen-bond donors (Lipinski definition) is 0. The van der Waals surface area contributed by atoms with Crippen molar-refractivity contribution in [3.63, 3.8) is 0 Å². The van der Waals surface area contributed by atoms with E-state index in [1.54, 1.807) is 12.4 Å². The smallest absolute Gasteiger partial charge is 0.222 e. The molecule has 1 aromatic carbocycles. The minimum Gasteiger partial charge on any atom is -0.363 e. The molecule has 0 bridgehead atoms. The summed E-state index contributed by atoms with van der Waals surface area (Å²) in [6.07, 6.45) is 3.75. The number of amides is 1. The molecule has 1 amide bonds. The molecule has 29 heavy (non-hydrogen) atoms. The van der Waals surface area contributed by atoms with Crippen molar-refractivity contribution in [2.45, 2.75) is 39.7 Å². The second-order valence-electron chi connectivity index (χ2n) is 7.62. The number of halogens is 1. The first-order valence-electron chi connectivity index (χ1n) is 10.5. The van der Waals surface area contributed by atoms with E-state index in [9.17, 15) is 9.18 Å². The average molecular weight is 397 g/mol. The third-order valence-electron chi connectivity index (χ3n) is 5.99. The summed E-state index contributed by atoms with van der Waals surface area (Å²) in [7, 11) is 0. The van der Waals surface area contributed by atoms with E-state index in [1.165, 1.54) is 6.07 Å². The molecule has 154 valence electrons. The standard InChI is InChI=1S/C22H28FN5O/c1-3-16-6-5-7-18(23)21(16)28-9-8-17-19(14-28)24-15-25-22(17)27-12-10-26(11-13-27)20(29)4-2/h5-7,15H,3-4,8-14H2,1-2H3. The van der Waals surface area contributed by atoms with Crippen molar-refractivity contribution >= 4 is 17.4 Å². The van der Waals surface area contributed by atoms with E-state index in [0.29, 0.717) is 18.7 Å².